The lowest BCUT2D eigenvalue weighted by Crippen LogP contribution is -2.51. The summed E-state index contributed by atoms with van der Waals surface area (Å²) in [4.78, 5) is 14.6. The molecule has 0 saturated carbocycles. The molecule has 1 amide bonds. The van der Waals surface area contributed by atoms with Gasteiger partial charge in [-0.2, -0.15) is 4.57 Å². The number of likely N-dealkylation sites (tertiary alicyclic amines) is 1. The number of ether oxygens (including phenoxy) is 1. The van der Waals surface area contributed by atoms with Gasteiger partial charge in [0.15, 0.2) is 6.04 Å². The van der Waals surface area contributed by atoms with Gasteiger partial charge in [-0.3, -0.25) is 0 Å². The summed E-state index contributed by atoms with van der Waals surface area (Å²) in [6.07, 6.45) is 1.52. The van der Waals surface area contributed by atoms with E-state index in [1.165, 1.54) is 33.6 Å². The Kier molecular flexibility index (Phi) is 7.09. The average Bonchev–Trinajstić information content (AvgIpc) is 2.93. The molecule has 4 aromatic rings. The van der Waals surface area contributed by atoms with Crippen LogP contribution in [0.15, 0.2) is 103 Å². The molecule has 5 rings (SSSR count). The van der Waals surface area contributed by atoms with Gasteiger partial charge >= 0.3 is 6.09 Å². The molecule has 188 valence electrons. The Bertz CT molecular complexity index is 1280. The third-order valence-electron chi connectivity index (χ3n) is 6.83. The number of hydrogen-bond acceptors (Lipinski definition) is 2. The van der Waals surface area contributed by atoms with Gasteiger partial charge in [0.1, 0.15) is 5.60 Å². The van der Waals surface area contributed by atoms with Gasteiger partial charge in [0.25, 0.3) is 0 Å². The van der Waals surface area contributed by atoms with Crippen molar-refractivity contribution in [2.75, 3.05) is 13.1 Å². The minimum absolute atomic E-state index is 0.220. The summed E-state index contributed by atoms with van der Waals surface area (Å²) in [5.41, 5.74) is 6.66. The Morgan fingerprint density at radius 2 is 1.14 bits per heavy atom. The number of benzene rings is 3. The van der Waals surface area contributed by atoms with Crippen molar-refractivity contribution >= 4 is 6.09 Å². The highest BCUT2D eigenvalue weighted by Gasteiger charge is 2.35. The zero-order valence-corrected chi connectivity index (χ0v) is 21.9. The van der Waals surface area contributed by atoms with Gasteiger partial charge in [0.2, 0.25) is 11.4 Å². The molecule has 0 aliphatic carbocycles. The van der Waals surface area contributed by atoms with Crippen molar-refractivity contribution in [1.29, 1.82) is 0 Å². The maximum atomic E-state index is 12.7. The first-order chi connectivity index (χ1) is 17.9. The van der Waals surface area contributed by atoms with Crippen molar-refractivity contribution in [3.8, 4) is 33.6 Å². The number of piperidine rings is 1. The first kappa shape index (κ1) is 24.8. The number of aromatic nitrogens is 1. The van der Waals surface area contributed by atoms with Crippen molar-refractivity contribution in [3.63, 3.8) is 0 Å². The van der Waals surface area contributed by atoms with Gasteiger partial charge in [-0.05, 0) is 56.2 Å². The minimum Gasteiger partial charge on any atom is -0.444 e. The highest BCUT2D eigenvalue weighted by molar-refractivity contribution is 5.73. The first-order valence-electron chi connectivity index (χ1n) is 13.1. The molecule has 0 bridgehead atoms. The molecule has 0 spiro atoms. The SMILES string of the molecule is CC(C)(C)OC(=O)N1CCC([n+]2c(-c3ccccc3)cc(-c3ccccc3)cc2-c2ccccc2)CC1. The fourth-order valence-electron chi connectivity index (χ4n) is 5.09. The second-order valence-corrected chi connectivity index (χ2v) is 10.7. The van der Waals surface area contributed by atoms with E-state index in [2.05, 4.69) is 108 Å². The highest BCUT2D eigenvalue weighted by Crippen LogP contribution is 2.32. The molecule has 4 heteroatoms. The lowest BCUT2D eigenvalue weighted by atomic mass is 9.96. The molecule has 1 aliphatic rings. The van der Waals surface area contributed by atoms with Crippen molar-refractivity contribution < 1.29 is 14.1 Å². The quantitative estimate of drug-likeness (QED) is 0.276. The summed E-state index contributed by atoms with van der Waals surface area (Å²) in [5, 5.41) is 0. The van der Waals surface area contributed by atoms with Gasteiger partial charge in [-0.25, -0.2) is 4.79 Å². The van der Waals surface area contributed by atoms with Crippen LogP contribution in [0.3, 0.4) is 0 Å². The van der Waals surface area contributed by atoms with Crippen LogP contribution in [-0.4, -0.2) is 29.7 Å². The average molecular weight is 492 g/mol. The van der Waals surface area contributed by atoms with Gasteiger partial charge < -0.3 is 9.64 Å². The molecule has 1 aromatic heterocycles. The largest absolute Gasteiger partial charge is 0.444 e. The van der Waals surface area contributed by atoms with Crippen molar-refractivity contribution in [2.45, 2.75) is 45.3 Å². The van der Waals surface area contributed by atoms with E-state index >= 15 is 0 Å². The molecule has 2 heterocycles. The minimum atomic E-state index is -0.489. The number of nitrogens with zero attached hydrogens (tertiary/aromatic N) is 2. The third-order valence-corrected chi connectivity index (χ3v) is 6.83. The fourth-order valence-corrected chi connectivity index (χ4v) is 5.09. The Morgan fingerprint density at radius 3 is 1.57 bits per heavy atom. The van der Waals surface area contributed by atoms with Crippen molar-refractivity contribution in [2.24, 2.45) is 0 Å². The second-order valence-electron chi connectivity index (χ2n) is 10.7. The summed E-state index contributed by atoms with van der Waals surface area (Å²) in [5.74, 6) is 0. The Labute approximate surface area is 220 Å². The molecule has 1 aliphatic heterocycles. The van der Waals surface area contributed by atoms with Crippen LogP contribution in [0.1, 0.15) is 39.7 Å². The molecule has 0 N–H and O–H groups in total. The monoisotopic (exact) mass is 491 g/mol. The van der Waals surface area contributed by atoms with E-state index in [9.17, 15) is 4.79 Å². The molecule has 0 unspecified atom stereocenters. The zero-order valence-electron chi connectivity index (χ0n) is 21.9. The Morgan fingerprint density at radius 1 is 0.703 bits per heavy atom. The maximum Gasteiger partial charge on any atom is 0.410 e. The number of amides is 1. The van der Waals surface area contributed by atoms with Crippen LogP contribution in [0.4, 0.5) is 4.79 Å². The first-order valence-corrected chi connectivity index (χ1v) is 13.1. The van der Waals surface area contributed by atoms with Crippen LogP contribution in [0.2, 0.25) is 0 Å². The molecule has 0 atom stereocenters. The van der Waals surface area contributed by atoms with Gasteiger partial charge in [-0.1, -0.05) is 66.7 Å². The number of rotatable bonds is 4. The molecule has 37 heavy (non-hydrogen) atoms. The van der Waals surface area contributed by atoms with E-state index in [0.717, 1.165) is 12.8 Å². The molecule has 4 nitrogen and oxygen atoms in total. The van der Waals surface area contributed by atoms with Gasteiger partial charge in [0, 0.05) is 49.2 Å². The van der Waals surface area contributed by atoms with E-state index in [1.807, 2.05) is 25.7 Å². The predicted molar refractivity (Wildman–Crippen MR) is 149 cm³/mol. The third kappa shape index (κ3) is 5.75. The second kappa shape index (κ2) is 10.6. The summed E-state index contributed by atoms with van der Waals surface area (Å²) in [6, 6.07) is 36.7. The van der Waals surface area contributed by atoms with E-state index in [0.29, 0.717) is 13.1 Å². The molecule has 0 radical (unpaired) electrons. The normalized spacial score (nSPS) is 14.4. The lowest BCUT2D eigenvalue weighted by molar-refractivity contribution is -0.705. The van der Waals surface area contributed by atoms with Gasteiger partial charge in [0.05, 0.1) is 0 Å². The Balaban J connectivity index is 1.60. The summed E-state index contributed by atoms with van der Waals surface area (Å²) in [6.45, 7) is 7.10. The fraction of sp³-hybridized carbons (Fsp3) is 0.273. The van der Waals surface area contributed by atoms with Crippen LogP contribution in [0.25, 0.3) is 33.6 Å². The van der Waals surface area contributed by atoms with E-state index in [1.54, 1.807) is 0 Å². The molecule has 3 aromatic carbocycles. The summed E-state index contributed by atoms with van der Waals surface area (Å²) < 4.78 is 8.15. The van der Waals surface area contributed by atoms with Crippen LogP contribution in [0.5, 0.6) is 0 Å². The molecule has 1 saturated heterocycles. The summed E-state index contributed by atoms with van der Waals surface area (Å²) >= 11 is 0. The lowest BCUT2D eigenvalue weighted by Gasteiger charge is -2.32. The van der Waals surface area contributed by atoms with E-state index < -0.39 is 5.60 Å². The standard InChI is InChI=1S/C33H35N2O2/c1-33(2,3)37-32(36)34-21-19-29(20-22-34)35-30(26-15-9-5-10-16-26)23-28(25-13-7-4-8-14-25)24-31(35)27-17-11-6-12-18-27/h4-18,23-24,29H,19-22H2,1-3H3/q+1. The van der Waals surface area contributed by atoms with Crippen LogP contribution >= 0.6 is 0 Å². The zero-order chi connectivity index (χ0) is 25.8. The smallest absolute Gasteiger partial charge is 0.410 e. The van der Waals surface area contributed by atoms with Gasteiger partial charge in [-0.15, -0.1) is 0 Å². The topological polar surface area (TPSA) is 33.4 Å². The number of hydrogen-bond donors (Lipinski definition) is 0. The van der Waals surface area contributed by atoms with Crippen molar-refractivity contribution in [1.82, 2.24) is 4.90 Å². The maximum absolute atomic E-state index is 12.7. The van der Waals surface area contributed by atoms with E-state index in [-0.39, 0.29) is 12.1 Å². The molecular weight excluding hydrogens is 456 g/mol. The van der Waals surface area contributed by atoms with Crippen molar-refractivity contribution in [3.05, 3.63) is 103 Å². The molecule has 1 fully saturated rings. The number of carbonyl (C=O) groups excluding carboxylic acids is 1. The summed E-state index contributed by atoms with van der Waals surface area (Å²) in [7, 11) is 0. The number of pyridine rings is 1. The van der Waals surface area contributed by atoms with Crippen LogP contribution < -0.4 is 4.57 Å². The van der Waals surface area contributed by atoms with Crippen LogP contribution in [0, 0.1) is 0 Å². The highest BCUT2D eigenvalue weighted by atomic mass is 16.6. The van der Waals surface area contributed by atoms with E-state index in [4.69, 9.17) is 4.74 Å². The predicted octanol–water partition coefficient (Wildman–Crippen LogP) is 7.55. The number of carbonyl (C=O) groups is 1. The molecular formula is C33H35N2O2+. The van der Waals surface area contributed by atoms with Crippen LogP contribution in [-0.2, 0) is 4.74 Å². The Hall–Kier alpha value is -3.92.